The summed E-state index contributed by atoms with van der Waals surface area (Å²) < 4.78 is 5.47. The van der Waals surface area contributed by atoms with E-state index in [1.165, 1.54) is 12.8 Å². The lowest BCUT2D eigenvalue weighted by Crippen LogP contribution is -2.33. The normalized spacial score (nSPS) is 14.8. The minimum atomic E-state index is 0.110. The van der Waals surface area contributed by atoms with Gasteiger partial charge in [0.2, 0.25) is 0 Å². The molecule has 3 rings (SSSR count). The summed E-state index contributed by atoms with van der Waals surface area (Å²) in [4.78, 5) is 14.6. The molecule has 1 amide bonds. The Labute approximate surface area is 113 Å². The Bertz CT molecular complexity index is 583. The van der Waals surface area contributed by atoms with E-state index in [1.54, 1.807) is 6.26 Å². The molecular weight excluding hydrogens is 238 g/mol. The van der Waals surface area contributed by atoms with Crippen LogP contribution in [0.1, 0.15) is 36.5 Å². The van der Waals surface area contributed by atoms with Crippen LogP contribution in [0.3, 0.4) is 0 Å². The van der Waals surface area contributed by atoms with Gasteiger partial charge >= 0.3 is 0 Å². The summed E-state index contributed by atoms with van der Waals surface area (Å²) in [6.07, 6.45) is 5.12. The number of benzene rings is 1. The molecule has 1 fully saturated rings. The lowest BCUT2D eigenvalue weighted by Gasteiger charge is -2.21. The zero-order chi connectivity index (χ0) is 13.2. The zero-order valence-corrected chi connectivity index (χ0v) is 11.3. The standard InChI is InChI=1S/C16H19NO2/c1-2-9-17(10-12-7-8-12)16(18)14-11-19-15-6-4-3-5-13(14)15/h3-6,11-12H,2,7-10H2,1H3. The second kappa shape index (κ2) is 5.08. The van der Waals surface area contributed by atoms with Crippen molar-refractivity contribution in [3.05, 3.63) is 36.1 Å². The van der Waals surface area contributed by atoms with E-state index in [0.29, 0.717) is 11.5 Å². The van der Waals surface area contributed by atoms with E-state index in [1.807, 2.05) is 29.2 Å². The molecule has 0 spiro atoms. The van der Waals surface area contributed by atoms with Gasteiger partial charge in [0.05, 0.1) is 5.56 Å². The highest BCUT2D eigenvalue weighted by atomic mass is 16.3. The van der Waals surface area contributed by atoms with Gasteiger partial charge in [-0.05, 0) is 31.2 Å². The SMILES string of the molecule is CCCN(CC1CC1)C(=O)c1coc2ccccc12. The van der Waals surface area contributed by atoms with Crippen molar-refractivity contribution in [2.75, 3.05) is 13.1 Å². The third-order valence-corrected chi connectivity index (χ3v) is 3.67. The van der Waals surface area contributed by atoms with Gasteiger partial charge in [0, 0.05) is 18.5 Å². The lowest BCUT2D eigenvalue weighted by atomic mass is 10.1. The van der Waals surface area contributed by atoms with E-state index < -0.39 is 0 Å². The Hall–Kier alpha value is -1.77. The van der Waals surface area contributed by atoms with Crippen LogP contribution in [0.15, 0.2) is 34.9 Å². The predicted octanol–water partition coefficient (Wildman–Crippen LogP) is 3.70. The van der Waals surface area contributed by atoms with E-state index in [9.17, 15) is 4.79 Å². The quantitative estimate of drug-likeness (QED) is 0.818. The molecule has 0 saturated heterocycles. The van der Waals surface area contributed by atoms with Crippen molar-refractivity contribution in [1.82, 2.24) is 4.90 Å². The molecule has 0 N–H and O–H groups in total. The second-order valence-electron chi connectivity index (χ2n) is 5.34. The number of para-hydroxylation sites is 1. The molecule has 0 radical (unpaired) electrons. The molecule has 1 aromatic carbocycles. The molecule has 3 nitrogen and oxygen atoms in total. The van der Waals surface area contributed by atoms with E-state index in [0.717, 1.165) is 30.5 Å². The maximum Gasteiger partial charge on any atom is 0.257 e. The number of fused-ring (bicyclic) bond motifs is 1. The van der Waals surface area contributed by atoms with Crippen molar-refractivity contribution in [2.24, 2.45) is 5.92 Å². The number of carbonyl (C=O) groups is 1. The molecular formula is C16H19NO2. The van der Waals surface area contributed by atoms with Gasteiger partial charge in [0.15, 0.2) is 0 Å². The maximum atomic E-state index is 12.6. The van der Waals surface area contributed by atoms with Gasteiger partial charge in [-0.2, -0.15) is 0 Å². The molecule has 0 unspecified atom stereocenters. The molecule has 0 atom stereocenters. The number of amides is 1. The Morgan fingerprint density at radius 2 is 2.16 bits per heavy atom. The van der Waals surface area contributed by atoms with Crippen LogP contribution in [0.25, 0.3) is 11.0 Å². The molecule has 1 aliphatic carbocycles. The van der Waals surface area contributed by atoms with E-state index in [-0.39, 0.29) is 5.91 Å². The summed E-state index contributed by atoms with van der Waals surface area (Å²) in [5.74, 6) is 0.826. The molecule has 1 heterocycles. The fourth-order valence-electron chi connectivity index (χ4n) is 2.47. The highest BCUT2D eigenvalue weighted by Crippen LogP contribution is 2.31. The number of rotatable bonds is 5. The van der Waals surface area contributed by atoms with Crippen LogP contribution < -0.4 is 0 Å². The van der Waals surface area contributed by atoms with Crippen molar-refractivity contribution >= 4 is 16.9 Å². The van der Waals surface area contributed by atoms with Crippen molar-refractivity contribution in [1.29, 1.82) is 0 Å². The van der Waals surface area contributed by atoms with Gasteiger partial charge in [0.25, 0.3) is 5.91 Å². The Balaban J connectivity index is 1.87. The Morgan fingerprint density at radius 1 is 1.37 bits per heavy atom. The molecule has 1 aliphatic rings. The van der Waals surface area contributed by atoms with Gasteiger partial charge in [-0.25, -0.2) is 0 Å². The first-order valence-corrected chi connectivity index (χ1v) is 7.05. The molecule has 3 heteroatoms. The van der Waals surface area contributed by atoms with Crippen LogP contribution >= 0.6 is 0 Å². The summed E-state index contributed by atoms with van der Waals surface area (Å²) in [5.41, 5.74) is 1.48. The van der Waals surface area contributed by atoms with E-state index >= 15 is 0 Å². The largest absolute Gasteiger partial charge is 0.463 e. The maximum absolute atomic E-state index is 12.6. The van der Waals surface area contributed by atoms with Crippen molar-refractivity contribution in [3.8, 4) is 0 Å². The first-order valence-electron chi connectivity index (χ1n) is 7.05. The van der Waals surface area contributed by atoms with E-state index in [4.69, 9.17) is 4.42 Å². The molecule has 1 aromatic heterocycles. The van der Waals surface area contributed by atoms with Crippen LogP contribution in [0.2, 0.25) is 0 Å². The minimum Gasteiger partial charge on any atom is -0.463 e. The monoisotopic (exact) mass is 257 g/mol. The minimum absolute atomic E-state index is 0.110. The summed E-state index contributed by atoms with van der Waals surface area (Å²) in [6.45, 7) is 3.83. The number of furan rings is 1. The average Bonchev–Trinajstić information content (AvgIpc) is 3.14. The van der Waals surface area contributed by atoms with Crippen molar-refractivity contribution in [2.45, 2.75) is 26.2 Å². The zero-order valence-electron chi connectivity index (χ0n) is 11.3. The number of hydrogen-bond acceptors (Lipinski definition) is 2. The molecule has 0 bridgehead atoms. The predicted molar refractivity (Wildman–Crippen MR) is 75.1 cm³/mol. The highest BCUT2D eigenvalue weighted by molar-refractivity contribution is 6.05. The van der Waals surface area contributed by atoms with Gasteiger partial charge < -0.3 is 9.32 Å². The highest BCUT2D eigenvalue weighted by Gasteiger charge is 2.28. The first kappa shape index (κ1) is 12.3. The molecule has 1 saturated carbocycles. The summed E-state index contributed by atoms with van der Waals surface area (Å²) in [5, 5.41) is 0.921. The lowest BCUT2D eigenvalue weighted by molar-refractivity contribution is 0.0748. The fourth-order valence-corrected chi connectivity index (χ4v) is 2.47. The molecule has 19 heavy (non-hydrogen) atoms. The van der Waals surface area contributed by atoms with Crippen molar-refractivity contribution in [3.63, 3.8) is 0 Å². The third-order valence-electron chi connectivity index (χ3n) is 3.67. The summed E-state index contributed by atoms with van der Waals surface area (Å²) in [7, 11) is 0. The van der Waals surface area contributed by atoms with Gasteiger partial charge in [-0.3, -0.25) is 4.79 Å². The third kappa shape index (κ3) is 2.50. The van der Waals surface area contributed by atoms with Crippen LogP contribution in [-0.4, -0.2) is 23.9 Å². The topological polar surface area (TPSA) is 33.5 Å². The van der Waals surface area contributed by atoms with Gasteiger partial charge in [-0.1, -0.05) is 25.1 Å². The fraction of sp³-hybridized carbons (Fsp3) is 0.438. The van der Waals surface area contributed by atoms with Gasteiger partial charge in [0.1, 0.15) is 11.8 Å². The number of hydrogen-bond donors (Lipinski definition) is 0. The Kier molecular flexibility index (Phi) is 3.28. The summed E-state index contributed by atoms with van der Waals surface area (Å²) >= 11 is 0. The van der Waals surface area contributed by atoms with Crippen LogP contribution in [-0.2, 0) is 0 Å². The van der Waals surface area contributed by atoms with E-state index in [2.05, 4.69) is 6.92 Å². The summed E-state index contributed by atoms with van der Waals surface area (Å²) in [6, 6.07) is 7.72. The van der Waals surface area contributed by atoms with Crippen LogP contribution in [0, 0.1) is 5.92 Å². The van der Waals surface area contributed by atoms with Crippen molar-refractivity contribution < 1.29 is 9.21 Å². The molecule has 100 valence electrons. The number of carbonyl (C=O) groups excluding carboxylic acids is 1. The molecule has 0 aliphatic heterocycles. The van der Waals surface area contributed by atoms with Gasteiger partial charge in [-0.15, -0.1) is 0 Å². The van der Waals surface area contributed by atoms with Crippen LogP contribution in [0.4, 0.5) is 0 Å². The average molecular weight is 257 g/mol. The molecule has 2 aromatic rings. The second-order valence-corrected chi connectivity index (χ2v) is 5.34. The first-order chi connectivity index (χ1) is 9.29. The smallest absolute Gasteiger partial charge is 0.257 e. The van der Waals surface area contributed by atoms with Crippen LogP contribution in [0.5, 0.6) is 0 Å². The number of nitrogens with zero attached hydrogens (tertiary/aromatic N) is 1. The Morgan fingerprint density at radius 3 is 2.89 bits per heavy atom.